The molecule has 166 valence electrons. The lowest BCUT2D eigenvalue weighted by Crippen LogP contribution is -2.56. The molecule has 7 heteroatoms. The van der Waals surface area contributed by atoms with Gasteiger partial charge in [-0.2, -0.15) is 5.10 Å². The van der Waals surface area contributed by atoms with Crippen molar-refractivity contribution in [3.8, 4) is 11.5 Å². The van der Waals surface area contributed by atoms with Gasteiger partial charge < -0.3 is 14.4 Å². The summed E-state index contributed by atoms with van der Waals surface area (Å²) in [5.41, 5.74) is 4.33. The summed E-state index contributed by atoms with van der Waals surface area (Å²) in [6, 6.07) is 19.7. The molecule has 3 heterocycles. The van der Waals surface area contributed by atoms with Crippen LogP contribution in [0.5, 0.6) is 11.5 Å². The minimum absolute atomic E-state index is 0.132. The van der Waals surface area contributed by atoms with Crippen molar-refractivity contribution in [3.05, 3.63) is 87.4 Å². The van der Waals surface area contributed by atoms with Crippen LogP contribution in [0.1, 0.15) is 34.7 Å². The van der Waals surface area contributed by atoms with E-state index in [0.29, 0.717) is 12.2 Å². The molecule has 3 aliphatic heterocycles. The Kier molecular flexibility index (Phi) is 4.36. The molecular formula is C26H22BrN3O3. The number of hydrogen-bond donors (Lipinski definition) is 0. The van der Waals surface area contributed by atoms with E-state index in [0.717, 1.165) is 43.9 Å². The Morgan fingerprint density at radius 3 is 2.67 bits per heavy atom. The second kappa shape index (κ2) is 7.09. The molecular weight excluding hydrogens is 482 g/mol. The van der Waals surface area contributed by atoms with E-state index in [2.05, 4.69) is 22.0 Å². The minimum Gasteiger partial charge on any atom is -0.497 e. The van der Waals surface area contributed by atoms with Gasteiger partial charge in [0.1, 0.15) is 11.5 Å². The van der Waals surface area contributed by atoms with Gasteiger partial charge in [-0.05, 0) is 67.1 Å². The normalized spacial score (nSPS) is 22.6. The molecule has 0 radical (unpaired) electrons. The Morgan fingerprint density at radius 2 is 1.91 bits per heavy atom. The second-order valence-corrected chi connectivity index (χ2v) is 9.57. The van der Waals surface area contributed by atoms with Crippen LogP contribution in [0.25, 0.3) is 0 Å². The SMILES string of the molecule is COc1ccc(C2=NN3[C@@H](C2)c2cc(Br)ccc2O[C@@]32C(=O)N(C)c3ccc(C)cc32)cc1. The molecule has 3 aromatic carbocycles. The van der Waals surface area contributed by atoms with Crippen molar-refractivity contribution in [2.24, 2.45) is 5.10 Å². The predicted octanol–water partition coefficient (Wildman–Crippen LogP) is 5.14. The van der Waals surface area contributed by atoms with Crippen LogP contribution in [-0.4, -0.2) is 30.8 Å². The lowest BCUT2D eigenvalue weighted by molar-refractivity contribution is -0.163. The number of anilines is 1. The molecule has 0 unspecified atom stereocenters. The quantitative estimate of drug-likeness (QED) is 0.485. The number of amides is 1. The molecule has 0 N–H and O–H groups in total. The molecule has 33 heavy (non-hydrogen) atoms. The van der Waals surface area contributed by atoms with Crippen LogP contribution in [0.3, 0.4) is 0 Å². The van der Waals surface area contributed by atoms with E-state index in [1.807, 2.05) is 66.5 Å². The van der Waals surface area contributed by atoms with Gasteiger partial charge in [-0.15, -0.1) is 0 Å². The molecule has 3 aromatic rings. The van der Waals surface area contributed by atoms with Crippen molar-refractivity contribution in [2.45, 2.75) is 25.1 Å². The average molecular weight is 504 g/mol. The Labute approximate surface area is 200 Å². The zero-order chi connectivity index (χ0) is 22.9. The number of fused-ring (bicyclic) bond motifs is 6. The van der Waals surface area contributed by atoms with Gasteiger partial charge in [-0.25, -0.2) is 5.01 Å². The summed E-state index contributed by atoms with van der Waals surface area (Å²) >= 11 is 3.59. The summed E-state index contributed by atoms with van der Waals surface area (Å²) in [6.45, 7) is 2.03. The van der Waals surface area contributed by atoms with Crippen molar-refractivity contribution < 1.29 is 14.3 Å². The highest BCUT2D eigenvalue weighted by Crippen LogP contribution is 2.55. The van der Waals surface area contributed by atoms with Crippen molar-refractivity contribution in [3.63, 3.8) is 0 Å². The molecule has 1 spiro atoms. The maximum absolute atomic E-state index is 13.9. The largest absolute Gasteiger partial charge is 0.497 e. The van der Waals surface area contributed by atoms with E-state index >= 15 is 0 Å². The number of ether oxygens (including phenoxy) is 2. The molecule has 0 aromatic heterocycles. The zero-order valence-electron chi connectivity index (χ0n) is 18.5. The molecule has 0 bridgehead atoms. The predicted molar refractivity (Wildman–Crippen MR) is 130 cm³/mol. The van der Waals surface area contributed by atoms with Crippen molar-refractivity contribution in [1.29, 1.82) is 0 Å². The number of hydrazone groups is 1. The highest BCUT2D eigenvalue weighted by Gasteiger charge is 2.62. The molecule has 0 saturated heterocycles. The molecule has 2 atom stereocenters. The summed E-state index contributed by atoms with van der Waals surface area (Å²) in [6.07, 6.45) is 0.666. The number of methoxy groups -OCH3 is 1. The maximum atomic E-state index is 13.9. The topological polar surface area (TPSA) is 54.4 Å². The van der Waals surface area contributed by atoms with E-state index in [9.17, 15) is 4.79 Å². The monoisotopic (exact) mass is 503 g/mol. The van der Waals surface area contributed by atoms with Crippen LogP contribution in [-0.2, 0) is 10.5 Å². The molecule has 0 fully saturated rings. The lowest BCUT2D eigenvalue weighted by Gasteiger charge is -2.44. The summed E-state index contributed by atoms with van der Waals surface area (Å²) in [4.78, 5) is 15.5. The third-order valence-corrected chi connectivity index (χ3v) is 7.21. The fraction of sp³-hybridized carbons (Fsp3) is 0.231. The van der Waals surface area contributed by atoms with Crippen molar-refractivity contribution in [1.82, 2.24) is 5.01 Å². The number of carbonyl (C=O) groups is 1. The van der Waals surface area contributed by atoms with Crippen LogP contribution >= 0.6 is 15.9 Å². The first kappa shape index (κ1) is 20.3. The average Bonchev–Trinajstić information content (AvgIpc) is 3.36. The Balaban J connectivity index is 1.57. The third kappa shape index (κ3) is 2.78. The fourth-order valence-electron chi connectivity index (χ4n) is 5.07. The maximum Gasteiger partial charge on any atom is 0.306 e. The Bertz CT molecular complexity index is 1340. The van der Waals surface area contributed by atoms with Crippen molar-refractivity contribution in [2.75, 3.05) is 19.1 Å². The van der Waals surface area contributed by atoms with E-state index in [1.54, 1.807) is 19.1 Å². The Morgan fingerprint density at radius 1 is 1.12 bits per heavy atom. The molecule has 1 amide bonds. The van der Waals surface area contributed by atoms with E-state index in [4.69, 9.17) is 14.6 Å². The smallest absolute Gasteiger partial charge is 0.306 e. The van der Waals surface area contributed by atoms with Gasteiger partial charge in [-0.3, -0.25) is 4.79 Å². The number of halogens is 1. The fourth-order valence-corrected chi connectivity index (χ4v) is 5.44. The van der Waals surface area contributed by atoms with Crippen LogP contribution < -0.4 is 14.4 Å². The first-order chi connectivity index (χ1) is 15.9. The summed E-state index contributed by atoms with van der Waals surface area (Å²) in [7, 11) is 3.45. The van der Waals surface area contributed by atoms with Crippen molar-refractivity contribution >= 4 is 33.2 Å². The lowest BCUT2D eigenvalue weighted by atomic mass is 9.92. The van der Waals surface area contributed by atoms with Gasteiger partial charge in [0.05, 0.1) is 30.1 Å². The van der Waals surface area contributed by atoms with Gasteiger partial charge in [-0.1, -0.05) is 27.6 Å². The van der Waals surface area contributed by atoms with Gasteiger partial charge >= 0.3 is 5.72 Å². The standard InChI is InChI=1S/C26H22BrN3O3/c1-15-4-10-22-20(12-15)26(25(31)29(22)2)30-23(19-13-17(27)7-11-24(19)33-26)14-21(28-30)16-5-8-18(32-3)9-6-16/h4-13,23H,14H2,1-3H3/t23-,26-/m0/s1. The van der Waals surface area contributed by atoms with E-state index < -0.39 is 5.72 Å². The highest BCUT2D eigenvalue weighted by atomic mass is 79.9. The summed E-state index contributed by atoms with van der Waals surface area (Å²) in [5, 5.41) is 6.91. The van der Waals surface area contributed by atoms with Crippen LogP contribution in [0.4, 0.5) is 5.69 Å². The highest BCUT2D eigenvalue weighted by molar-refractivity contribution is 9.10. The van der Waals surface area contributed by atoms with Crippen LogP contribution in [0.15, 0.2) is 70.2 Å². The second-order valence-electron chi connectivity index (χ2n) is 8.65. The number of nitrogens with zero attached hydrogens (tertiary/aromatic N) is 3. The first-order valence-corrected chi connectivity index (χ1v) is 11.6. The Hall–Kier alpha value is -3.32. The first-order valence-electron chi connectivity index (χ1n) is 10.8. The van der Waals surface area contributed by atoms with Gasteiger partial charge in [0.25, 0.3) is 5.91 Å². The minimum atomic E-state index is -1.34. The number of rotatable bonds is 2. The van der Waals surface area contributed by atoms with Crippen LogP contribution in [0.2, 0.25) is 0 Å². The van der Waals surface area contributed by atoms with Crippen LogP contribution in [0, 0.1) is 6.92 Å². The molecule has 0 saturated carbocycles. The number of benzene rings is 3. The number of aryl methyl sites for hydroxylation is 1. The third-order valence-electron chi connectivity index (χ3n) is 6.72. The summed E-state index contributed by atoms with van der Waals surface area (Å²) < 4.78 is 12.9. The van der Waals surface area contributed by atoms with E-state index in [1.165, 1.54) is 0 Å². The molecule has 6 nitrogen and oxygen atoms in total. The number of hydrogen-bond acceptors (Lipinski definition) is 5. The summed E-state index contributed by atoms with van der Waals surface area (Å²) in [5.74, 6) is 1.37. The zero-order valence-corrected chi connectivity index (χ0v) is 20.1. The van der Waals surface area contributed by atoms with Gasteiger partial charge in [0.15, 0.2) is 0 Å². The number of likely N-dealkylation sites (N-methyl/N-ethyl adjacent to an activating group) is 1. The molecule has 3 aliphatic rings. The molecule has 6 rings (SSSR count). The number of carbonyl (C=O) groups excluding carboxylic acids is 1. The van der Waals surface area contributed by atoms with E-state index in [-0.39, 0.29) is 11.9 Å². The van der Waals surface area contributed by atoms with Gasteiger partial charge in [0.2, 0.25) is 0 Å². The van der Waals surface area contributed by atoms with Gasteiger partial charge in [0, 0.05) is 23.5 Å². The molecule has 0 aliphatic carbocycles.